The monoisotopic (exact) mass is 278 g/mol. The first kappa shape index (κ1) is 15.1. The molecule has 2 nitrogen and oxygen atoms in total. The van der Waals surface area contributed by atoms with Crippen LogP contribution < -0.4 is 0 Å². The van der Waals surface area contributed by atoms with Crippen LogP contribution in [0.4, 0.5) is 0 Å². The number of aryl methyl sites for hydroxylation is 1. The molecule has 1 heterocycles. The highest BCUT2D eigenvalue weighted by atomic mass is 15.1. The lowest BCUT2D eigenvalue weighted by atomic mass is 10.0. The summed E-state index contributed by atoms with van der Waals surface area (Å²) < 4.78 is 0. The third-order valence-electron chi connectivity index (χ3n) is 3.73. The Bertz CT molecular complexity index is 602. The van der Waals surface area contributed by atoms with Crippen molar-refractivity contribution in [3.63, 3.8) is 0 Å². The van der Waals surface area contributed by atoms with E-state index in [1.54, 1.807) is 0 Å². The lowest BCUT2D eigenvalue weighted by Gasteiger charge is -2.32. The van der Waals surface area contributed by atoms with Gasteiger partial charge in [-0.3, -0.25) is 0 Å². The quantitative estimate of drug-likeness (QED) is 0.793. The molecule has 21 heavy (non-hydrogen) atoms. The third kappa shape index (κ3) is 4.10. The van der Waals surface area contributed by atoms with E-state index in [1.807, 2.05) is 12.2 Å². The molecule has 0 spiro atoms. The maximum absolute atomic E-state index is 8.70. The van der Waals surface area contributed by atoms with Crippen LogP contribution in [-0.4, -0.2) is 11.4 Å². The maximum atomic E-state index is 8.70. The van der Waals surface area contributed by atoms with Gasteiger partial charge in [0.1, 0.15) is 0 Å². The van der Waals surface area contributed by atoms with Gasteiger partial charge < -0.3 is 4.90 Å². The Kier molecular flexibility index (Phi) is 5.40. The van der Waals surface area contributed by atoms with E-state index < -0.39 is 0 Å². The van der Waals surface area contributed by atoms with E-state index in [0.717, 1.165) is 25.9 Å². The maximum Gasteiger partial charge on any atom is 0.0663 e. The Morgan fingerprint density at radius 2 is 2.29 bits per heavy atom. The van der Waals surface area contributed by atoms with Gasteiger partial charge in [0, 0.05) is 18.8 Å². The number of benzene rings is 1. The predicted molar refractivity (Wildman–Crippen MR) is 87.4 cm³/mol. The number of nitrogens with zero attached hydrogens (tertiary/aromatic N) is 2. The molecule has 0 fully saturated rings. The Morgan fingerprint density at radius 3 is 3.00 bits per heavy atom. The second-order valence-electron chi connectivity index (χ2n) is 5.39. The molecule has 0 radical (unpaired) electrons. The summed E-state index contributed by atoms with van der Waals surface area (Å²) in [6.07, 6.45) is 8.64. The average Bonchev–Trinajstić information content (AvgIpc) is 2.49. The Morgan fingerprint density at radius 1 is 1.43 bits per heavy atom. The van der Waals surface area contributed by atoms with E-state index in [9.17, 15) is 0 Å². The number of rotatable bonds is 5. The highest BCUT2D eigenvalue weighted by Gasteiger charge is 2.16. The zero-order valence-corrected chi connectivity index (χ0v) is 12.7. The Labute approximate surface area is 127 Å². The largest absolute Gasteiger partial charge is 0.367 e. The van der Waals surface area contributed by atoms with Gasteiger partial charge in [-0.1, -0.05) is 48.6 Å². The summed E-state index contributed by atoms with van der Waals surface area (Å²) in [4.78, 5) is 2.39. The number of hydrogen-bond donors (Lipinski definition) is 0. The fourth-order valence-electron chi connectivity index (χ4n) is 2.75. The van der Waals surface area contributed by atoms with Gasteiger partial charge in [0.2, 0.25) is 0 Å². The summed E-state index contributed by atoms with van der Waals surface area (Å²) in [5.41, 5.74) is 5.11. The molecule has 1 aliphatic heterocycles. The minimum atomic E-state index is 0.451. The first-order valence-corrected chi connectivity index (χ1v) is 7.44. The molecule has 0 amide bonds. The zero-order chi connectivity index (χ0) is 15.1. The van der Waals surface area contributed by atoms with Gasteiger partial charge in [0.05, 0.1) is 12.5 Å². The van der Waals surface area contributed by atoms with E-state index in [1.165, 1.54) is 22.4 Å². The van der Waals surface area contributed by atoms with E-state index in [4.69, 9.17) is 5.26 Å². The first-order chi connectivity index (χ1) is 10.2. The van der Waals surface area contributed by atoms with E-state index >= 15 is 0 Å². The molecule has 2 heteroatoms. The summed E-state index contributed by atoms with van der Waals surface area (Å²) in [7, 11) is 0. The van der Waals surface area contributed by atoms with Crippen LogP contribution >= 0.6 is 0 Å². The molecule has 0 unspecified atom stereocenters. The van der Waals surface area contributed by atoms with Gasteiger partial charge in [0.15, 0.2) is 0 Å². The summed E-state index contributed by atoms with van der Waals surface area (Å²) in [6.45, 7) is 8.02. The van der Waals surface area contributed by atoms with Crippen LogP contribution in [0.15, 0.2) is 60.3 Å². The lowest BCUT2D eigenvalue weighted by molar-refractivity contribution is 0.321. The van der Waals surface area contributed by atoms with Crippen LogP contribution in [-0.2, 0) is 6.54 Å². The van der Waals surface area contributed by atoms with Crippen molar-refractivity contribution in [3.05, 3.63) is 71.5 Å². The molecule has 0 saturated carbocycles. The van der Waals surface area contributed by atoms with Crippen molar-refractivity contribution in [2.75, 3.05) is 6.54 Å². The standard InChI is InChI=1S/C19H22N2/c1-3-18-10-7-13-21(19(18)11-4-5-12-20)15-17-9-6-8-16(2)14-17/h3-4,6,8-9,11,14H,1,5,7,10,13,15H2,2H3/b11-4-. The van der Waals surface area contributed by atoms with Crippen LogP contribution in [0.3, 0.4) is 0 Å². The highest BCUT2D eigenvalue weighted by Crippen LogP contribution is 2.26. The highest BCUT2D eigenvalue weighted by molar-refractivity contribution is 5.34. The second kappa shape index (κ2) is 7.50. The van der Waals surface area contributed by atoms with Crippen molar-refractivity contribution in [2.24, 2.45) is 0 Å². The fraction of sp³-hybridized carbons (Fsp3) is 0.316. The lowest BCUT2D eigenvalue weighted by Crippen LogP contribution is -2.27. The van der Waals surface area contributed by atoms with Gasteiger partial charge in [-0.15, -0.1) is 0 Å². The summed E-state index contributed by atoms with van der Waals surface area (Å²) in [5, 5.41) is 8.70. The molecule has 0 N–H and O–H groups in total. The number of allylic oxidation sites excluding steroid dienone is 4. The Hall–Kier alpha value is -2.27. The van der Waals surface area contributed by atoms with Gasteiger partial charge in [0.25, 0.3) is 0 Å². The molecule has 1 aromatic rings. The summed E-state index contributed by atoms with van der Waals surface area (Å²) in [6, 6.07) is 10.8. The van der Waals surface area contributed by atoms with E-state index in [0.29, 0.717) is 6.42 Å². The van der Waals surface area contributed by atoms with Crippen LogP contribution in [0.1, 0.15) is 30.4 Å². The fourth-order valence-corrected chi connectivity index (χ4v) is 2.75. The van der Waals surface area contributed by atoms with Crippen LogP contribution in [0, 0.1) is 18.3 Å². The topological polar surface area (TPSA) is 27.0 Å². The van der Waals surface area contributed by atoms with Crippen LogP contribution in [0.25, 0.3) is 0 Å². The van der Waals surface area contributed by atoms with Crippen molar-refractivity contribution in [1.82, 2.24) is 4.90 Å². The van der Waals surface area contributed by atoms with Crippen LogP contribution in [0.5, 0.6) is 0 Å². The molecule has 108 valence electrons. The van der Waals surface area contributed by atoms with Gasteiger partial charge in [-0.05, 0) is 37.0 Å². The minimum Gasteiger partial charge on any atom is -0.367 e. The van der Waals surface area contributed by atoms with E-state index in [-0.39, 0.29) is 0 Å². The smallest absolute Gasteiger partial charge is 0.0663 e. The van der Waals surface area contributed by atoms with E-state index in [2.05, 4.69) is 54.8 Å². The summed E-state index contributed by atoms with van der Waals surface area (Å²) >= 11 is 0. The number of nitriles is 1. The van der Waals surface area contributed by atoms with Crippen molar-refractivity contribution in [1.29, 1.82) is 5.26 Å². The normalized spacial score (nSPS) is 15.3. The minimum absolute atomic E-state index is 0.451. The summed E-state index contributed by atoms with van der Waals surface area (Å²) in [5.74, 6) is 0. The van der Waals surface area contributed by atoms with Crippen molar-refractivity contribution in [2.45, 2.75) is 32.7 Å². The third-order valence-corrected chi connectivity index (χ3v) is 3.73. The van der Waals surface area contributed by atoms with Crippen LogP contribution in [0.2, 0.25) is 0 Å². The number of hydrogen-bond acceptors (Lipinski definition) is 2. The average molecular weight is 278 g/mol. The molecule has 0 atom stereocenters. The predicted octanol–water partition coefficient (Wildman–Crippen LogP) is 4.50. The molecular formula is C19H22N2. The molecular weight excluding hydrogens is 256 g/mol. The Balaban J connectivity index is 2.23. The molecule has 0 aliphatic carbocycles. The molecule has 2 rings (SSSR count). The molecule has 0 bridgehead atoms. The van der Waals surface area contributed by atoms with Gasteiger partial charge in [-0.2, -0.15) is 5.26 Å². The zero-order valence-electron chi connectivity index (χ0n) is 12.7. The molecule has 0 aromatic heterocycles. The van der Waals surface area contributed by atoms with Gasteiger partial charge >= 0.3 is 0 Å². The van der Waals surface area contributed by atoms with Crippen molar-refractivity contribution < 1.29 is 0 Å². The molecule has 1 aromatic carbocycles. The first-order valence-electron chi connectivity index (χ1n) is 7.44. The molecule has 1 aliphatic rings. The van der Waals surface area contributed by atoms with Crippen molar-refractivity contribution >= 4 is 0 Å². The van der Waals surface area contributed by atoms with Crippen molar-refractivity contribution in [3.8, 4) is 6.07 Å². The second-order valence-corrected chi connectivity index (χ2v) is 5.39. The SMILES string of the molecule is C=CC1=C(/C=C\CC#N)N(Cc2cccc(C)c2)CCC1. The van der Waals surface area contributed by atoms with Gasteiger partial charge in [-0.25, -0.2) is 0 Å². The molecule has 0 saturated heterocycles.